The first-order chi connectivity index (χ1) is 21.3. The molecular weight excluding hydrogens is 580 g/mol. The van der Waals surface area contributed by atoms with E-state index in [2.05, 4.69) is 6.58 Å². The van der Waals surface area contributed by atoms with E-state index in [1.807, 2.05) is 58.3 Å². The van der Waals surface area contributed by atoms with Crippen LogP contribution in [-0.4, -0.2) is 102 Å². The molecule has 14 heteroatoms. The van der Waals surface area contributed by atoms with Crippen molar-refractivity contribution in [2.75, 3.05) is 62.4 Å². The summed E-state index contributed by atoms with van der Waals surface area (Å²) in [6, 6.07) is 15.4. The van der Waals surface area contributed by atoms with E-state index >= 15 is 0 Å². The molecule has 2 aromatic carbocycles. The average molecular weight is 611 g/mol. The Hall–Kier alpha value is -5.14. The van der Waals surface area contributed by atoms with E-state index in [-0.39, 0.29) is 26.4 Å². The molecule has 4 unspecified atom stereocenters. The maximum atomic E-state index is 11.4. The van der Waals surface area contributed by atoms with Crippen LogP contribution >= 0.6 is 0 Å². The van der Waals surface area contributed by atoms with Crippen molar-refractivity contribution in [3.63, 3.8) is 0 Å². The lowest BCUT2D eigenvalue weighted by Crippen LogP contribution is -2.39. The van der Waals surface area contributed by atoms with Gasteiger partial charge in [0.15, 0.2) is 24.4 Å². The summed E-state index contributed by atoms with van der Waals surface area (Å²) >= 11 is 0. The van der Waals surface area contributed by atoms with Crippen molar-refractivity contribution in [3.05, 3.63) is 66.2 Å². The number of benzene rings is 2. The summed E-state index contributed by atoms with van der Waals surface area (Å²) in [5.74, 6) is 0. The molecule has 0 spiro atoms. The summed E-state index contributed by atoms with van der Waals surface area (Å²) in [4.78, 5) is 49.7. The standard InChI is InChI=1S/C30H30N2O12/c1-18(19-2-6-21(7-3-19)31(10-23-14-37-27(33)41-23)11-24-15-38-28(34)42-24)20-4-8-22(9-5-20)32(12-25-16-39-29(35)43-25)13-26-17-40-30(36)44-26/h2-9,23-26H,1,10-17H2. The van der Waals surface area contributed by atoms with E-state index in [0.29, 0.717) is 26.2 Å². The molecule has 4 heterocycles. The van der Waals surface area contributed by atoms with Crippen LogP contribution in [0.3, 0.4) is 0 Å². The molecule has 4 atom stereocenters. The third-order valence-corrected chi connectivity index (χ3v) is 7.46. The second-order valence-electron chi connectivity index (χ2n) is 10.6. The number of carbonyl (C=O) groups is 4. The number of hydrogen-bond donors (Lipinski definition) is 0. The lowest BCUT2D eigenvalue weighted by Gasteiger charge is -2.28. The molecule has 4 fully saturated rings. The smallest absolute Gasteiger partial charge is 0.430 e. The summed E-state index contributed by atoms with van der Waals surface area (Å²) < 4.78 is 40.5. The molecule has 232 valence electrons. The van der Waals surface area contributed by atoms with Crippen LogP contribution in [-0.2, 0) is 37.9 Å². The van der Waals surface area contributed by atoms with Gasteiger partial charge in [0.2, 0.25) is 0 Å². The summed E-state index contributed by atoms with van der Waals surface area (Å²) in [6.07, 6.45) is -4.69. The highest BCUT2D eigenvalue weighted by Gasteiger charge is 2.33. The summed E-state index contributed by atoms with van der Waals surface area (Å²) in [6.45, 7) is 6.21. The largest absolute Gasteiger partial charge is 0.508 e. The fourth-order valence-electron chi connectivity index (χ4n) is 5.29. The molecule has 4 aliphatic rings. The zero-order chi connectivity index (χ0) is 30.6. The summed E-state index contributed by atoms with van der Waals surface area (Å²) in [7, 11) is 0. The van der Waals surface area contributed by atoms with E-state index in [9.17, 15) is 19.2 Å². The van der Waals surface area contributed by atoms with Gasteiger partial charge in [0.1, 0.15) is 26.4 Å². The molecule has 0 radical (unpaired) electrons. The maximum absolute atomic E-state index is 11.4. The first kappa shape index (κ1) is 29.0. The SMILES string of the molecule is C=C(c1ccc(N(CC2COC(=O)O2)CC2COC(=O)O2)cc1)c1ccc(N(CC2COC(=O)O2)CC2COC(=O)O2)cc1. The molecule has 0 N–H and O–H groups in total. The Kier molecular flexibility index (Phi) is 8.30. The first-order valence-electron chi connectivity index (χ1n) is 14.0. The van der Waals surface area contributed by atoms with Gasteiger partial charge >= 0.3 is 24.6 Å². The minimum atomic E-state index is -0.710. The van der Waals surface area contributed by atoms with Crippen LogP contribution in [0.15, 0.2) is 55.1 Å². The molecule has 0 saturated carbocycles. The normalized spacial score (nSPS) is 23.8. The predicted molar refractivity (Wildman–Crippen MR) is 150 cm³/mol. The number of rotatable bonds is 12. The molecule has 2 aromatic rings. The number of nitrogens with zero attached hydrogens (tertiary/aromatic N) is 2. The molecule has 6 rings (SSSR count). The molecule has 4 saturated heterocycles. The monoisotopic (exact) mass is 610 g/mol. The molecule has 4 aliphatic heterocycles. The Balaban J connectivity index is 1.14. The van der Waals surface area contributed by atoms with Crippen molar-refractivity contribution in [1.82, 2.24) is 0 Å². The van der Waals surface area contributed by atoms with Gasteiger partial charge in [-0.1, -0.05) is 30.8 Å². The van der Waals surface area contributed by atoms with Gasteiger partial charge in [-0.2, -0.15) is 0 Å². The van der Waals surface area contributed by atoms with Crippen molar-refractivity contribution in [2.45, 2.75) is 24.4 Å². The summed E-state index contributed by atoms with van der Waals surface area (Å²) in [5, 5.41) is 0. The van der Waals surface area contributed by atoms with Crippen LogP contribution < -0.4 is 9.80 Å². The summed E-state index contributed by atoms with van der Waals surface area (Å²) in [5.41, 5.74) is 4.20. The minimum absolute atomic E-state index is 0.137. The fraction of sp³-hybridized carbons (Fsp3) is 0.400. The molecule has 44 heavy (non-hydrogen) atoms. The van der Waals surface area contributed by atoms with Gasteiger partial charge in [-0.05, 0) is 41.0 Å². The molecule has 14 nitrogen and oxygen atoms in total. The van der Waals surface area contributed by atoms with Gasteiger partial charge in [-0.25, -0.2) is 19.2 Å². The van der Waals surface area contributed by atoms with Crippen molar-refractivity contribution in [1.29, 1.82) is 0 Å². The van der Waals surface area contributed by atoms with Crippen LogP contribution in [0.5, 0.6) is 0 Å². The van der Waals surface area contributed by atoms with Gasteiger partial charge in [0.25, 0.3) is 0 Å². The Morgan fingerprint density at radius 3 is 1.02 bits per heavy atom. The Bertz CT molecular complexity index is 1250. The van der Waals surface area contributed by atoms with Crippen LogP contribution in [0, 0.1) is 0 Å². The number of hydrogen-bond acceptors (Lipinski definition) is 14. The maximum Gasteiger partial charge on any atom is 0.508 e. The zero-order valence-corrected chi connectivity index (χ0v) is 23.6. The topological polar surface area (TPSA) is 149 Å². The van der Waals surface area contributed by atoms with Gasteiger partial charge in [-0.15, -0.1) is 0 Å². The van der Waals surface area contributed by atoms with E-state index in [4.69, 9.17) is 37.9 Å². The van der Waals surface area contributed by atoms with Crippen LogP contribution in [0.4, 0.5) is 30.6 Å². The number of carbonyl (C=O) groups excluding carboxylic acids is 4. The van der Waals surface area contributed by atoms with Crippen molar-refractivity contribution in [3.8, 4) is 0 Å². The number of anilines is 2. The molecular formula is C30H30N2O12. The van der Waals surface area contributed by atoms with Crippen LogP contribution in [0.2, 0.25) is 0 Å². The van der Waals surface area contributed by atoms with Gasteiger partial charge < -0.3 is 47.7 Å². The van der Waals surface area contributed by atoms with E-state index < -0.39 is 49.0 Å². The number of cyclic esters (lactones) is 8. The average Bonchev–Trinajstić information content (AvgIpc) is 3.83. The van der Waals surface area contributed by atoms with Crippen LogP contribution in [0.25, 0.3) is 5.57 Å². The highest BCUT2D eigenvalue weighted by molar-refractivity contribution is 5.79. The lowest BCUT2D eigenvalue weighted by atomic mass is 9.98. The Morgan fingerprint density at radius 1 is 0.523 bits per heavy atom. The Morgan fingerprint density at radius 2 is 0.795 bits per heavy atom. The lowest BCUT2D eigenvalue weighted by molar-refractivity contribution is 0.113. The van der Waals surface area contributed by atoms with Crippen molar-refractivity contribution >= 4 is 41.6 Å². The minimum Gasteiger partial charge on any atom is -0.430 e. The molecule has 0 aliphatic carbocycles. The van der Waals surface area contributed by atoms with Crippen LogP contribution in [0.1, 0.15) is 11.1 Å². The molecule has 0 bridgehead atoms. The second kappa shape index (κ2) is 12.6. The molecule has 0 aromatic heterocycles. The van der Waals surface area contributed by atoms with Gasteiger partial charge in [-0.3, -0.25) is 0 Å². The third-order valence-electron chi connectivity index (χ3n) is 7.46. The van der Waals surface area contributed by atoms with Crippen molar-refractivity contribution < 1.29 is 57.1 Å². The highest BCUT2D eigenvalue weighted by Crippen LogP contribution is 2.28. The third kappa shape index (κ3) is 6.90. The number of ether oxygens (including phenoxy) is 8. The molecule has 0 amide bonds. The zero-order valence-electron chi connectivity index (χ0n) is 23.6. The quantitative estimate of drug-likeness (QED) is 0.255. The van der Waals surface area contributed by atoms with Crippen molar-refractivity contribution in [2.24, 2.45) is 0 Å². The fourth-order valence-corrected chi connectivity index (χ4v) is 5.29. The highest BCUT2D eigenvalue weighted by atomic mass is 16.8. The van der Waals surface area contributed by atoms with E-state index in [0.717, 1.165) is 28.1 Å². The first-order valence-corrected chi connectivity index (χ1v) is 14.0. The van der Waals surface area contributed by atoms with Gasteiger partial charge in [0, 0.05) is 11.4 Å². The van der Waals surface area contributed by atoms with E-state index in [1.54, 1.807) is 0 Å². The second-order valence-corrected chi connectivity index (χ2v) is 10.6. The van der Waals surface area contributed by atoms with E-state index in [1.165, 1.54) is 0 Å². The predicted octanol–water partition coefficient (Wildman–Crippen LogP) is 3.50. The van der Waals surface area contributed by atoms with Gasteiger partial charge in [0.05, 0.1) is 26.2 Å². The Labute approximate surface area is 251 Å².